The van der Waals surface area contributed by atoms with E-state index in [-0.39, 0.29) is 36.8 Å². The van der Waals surface area contributed by atoms with E-state index in [1.54, 1.807) is 0 Å². The summed E-state index contributed by atoms with van der Waals surface area (Å²) in [4.78, 5) is 14.5. The second kappa shape index (κ2) is 12.5. The zero-order valence-corrected chi connectivity index (χ0v) is 16.3. The van der Waals surface area contributed by atoms with Crippen LogP contribution in [0.2, 0.25) is 0 Å². The van der Waals surface area contributed by atoms with Gasteiger partial charge < -0.3 is 10.6 Å². The first-order chi connectivity index (χ1) is 10.7. The molecule has 0 saturated carbocycles. The molecule has 2 N–H and O–H groups in total. The molecular weight excluding hydrogens is 345 g/mol. The van der Waals surface area contributed by atoms with E-state index in [0.29, 0.717) is 6.54 Å². The lowest BCUT2D eigenvalue weighted by atomic mass is 10.0. The molecule has 0 radical (unpaired) electrons. The van der Waals surface area contributed by atoms with Gasteiger partial charge >= 0.3 is 0 Å². The van der Waals surface area contributed by atoms with Gasteiger partial charge in [0.25, 0.3) is 0 Å². The number of hydrogen-bond acceptors (Lipinski definition) is 3. The highest BCUT2D eigenvalue weighted by Gasteiger charge is 2.19. The van der Waals surface area contributed by atoms with E-state index >= 15 is 0 Å². The molecule has 1 aliphatic heterocycles. The average Bonchev–Trinajstić information content (AvgIpc) is 2.58. The molecule has 1 fully saturated rings. The highest BCUT2D eigenvalue weighted by molar-refractivity contribution is 5.85. The lowest BCUT2D eigenvalue weighted by molar-refractivity contribution is -0.123. The number of carbonyl (C=O) groups excluding carboxylic acids is 1. The van der Waals surface area contributed by atoms with Gasteiger partial charge in [-0.05, 0) is 43.6 Å². The van der Waals surface area contributed by atoms with E-state index < -0.39 is 0 Å². The highest BCUT2D eigenvalue weighted by Crippen LogP contribution is 2.10. The van der Waals surface area contributed by atoms with Gasteiger partial charge in [0, 0.05) is 13.1 Å². The fraction of sp³-hybridized carbons (Fsp3) is 0.611. The molecule has 24 heavy (non-hydrogen) atoms. The predicted molar refractivity (Wildman–Crippen MR) is 105 cm³/mol. The molecule has 0 aliphatic carbocycles. The van der Waals surface area contributed by atoms with E-state index in [9.17, 15) is 4.79 Å². The third-order valence-electron chi connectivity index (χ3n) is 4.39. The molecule has 1 aromatic rings. The number of halogens is 2. The molecule has 1 saturated heterocycles. The Morgan fingerprint density at radius 2 is 1.92 bits per heavy atom. The van der Waals surface area contributed by atoms with Gasteiger partial charge in [-0.1, -0.05) is 44.5 Å². The Kier molecular flexibility index (Phi) is 12.1. The summed E-state index contributed by atoms with van der Waals surface area (Å²) in [5, 5.41) is 6.35. The van der Waals surface area contributed by atoms with Crippen molar-refractivity contribution in [2.45, 2.75) is 52.2 Å². The number of amides is 1. The summed E-state index contributed by atoms with van der Waals surface area (Å²) < 4.78 is 0. The predicted octanol–water partition coefficient (Wildman–Crippen LogP) is 3.13. The molecule has 1 aliphatic rings. The Bertz CT molecular complexity index is 475. The summed E-state index contributed by atoms with van der Waals surface area (Å²) >= 11 is 0. The lowest BCUT2D eigenvalue weighted by Gasteiger charge is -2.22. The topological polar surface area (TPSA) is 44.4 Å². The highest BCUT2D eigenvalue weighted by atomic mass is 35.5. The van der Waals surface area contributed by atoms with Gasteiger partial charge in [0.2, 0.25) is 5.91 Å². The van der Waals surface area contributed by atoms with Gasteiger partial charge in [-0.25, -0.2) is 0 Å². The van der Waals surface area contributed by atoms with Gasteiger partial charge in [-0.15, -0.1) is 24.8 Å². The standard InChI is InChI=1S/C18H29N3O.2ClH/c1-3-21(4-2)14-16-9-7-8-15(12-16)13-20-18(22)17-10-5-6-11-19-17;;/h7-9,12,17,19H,3-6,10-11,13-14H2,1-2H3,(H,20,22);2*1H. The maximum atomic E-state index is 12.1. The van der Waals surface area contributed by atoms with Crippen LogP contribution in [-0.2, 0) is 17.9 Å². The summed E-state index contributed by atoms with van der Waals surface area (Å²) in [6, 6.07) is 8.52. The molecule has 6 heteroatoms. The monoisotopic (exact) mass is 375 g/mol. The number of nitrogens with zero attached hydrogens (tertiary/aromatic N) is 1. The number of carbonyl (C=O) groups is 1. The van der Waals surface area contributed by atoms with Gasteiger partial charge in [0.1, 0.15) is 0 Å². The first-order valence-electron chi connectivity index (χ1n) is 8.54. The van der Waals surface area contributed by atoms with Crippen LogP contribution in [0.1, 0.15) is 44.2 Å². The number of benzene rings is 1. The minimum atomic E-state index is -0.00685. The molecule has 0 aromatic heterocycles. The van der Waals surface area contributed by atoms with Crippen LogP contribution in [-0.4, -0.2) is 36.5 Å². The maximum absolute atomic E-state index is 12.1. The third-order valence-corrected chi connectivity index (χ3v) is 4.39. The first kappa shape index (κ1) is 23.2. The molecule has 1 aromatic carbocycles. The lowest BCUT2D eigenvalue weighted by Crippen LogP contribution is -2.46. The number of piperidine rings is 1. The summed E-state index contributed by atoms with van der Waals surface area (Å²) in [7, 11) is 0. The largest absolute Gasteiger partial charge is 0.351 e. The third kappa shape index (κ3) is 7.39. The van der Waals surface area contributed by atoms with Gasteiger partial charge in [-0.3, -0.25) is 9.69 Å². The molecule has 1 unspecified atom stereocenters. The van der Waals surface area contributed by atoms with Crippen molar-refractivity contribution >= 4 is 30.7 Å². The maximum Gasteiger partial charge on any atom is 0.237 e. The molecule has 4 nitrogen and oxygen atoms in total. The average molecular weight is 376 g/mol. The second-order valence-corrected chi connectivity index (χ2v) is 6.00. The molecule has 138 valence electrons. The molecule has 1 atom stereocenters. The van der Waals surface area contributed by atoms with Crippen molar-refractivity contribution in [3.8, 4) is 0 Å². The SMILES string of the molecule is CCN(CC)Cc1cccc(CNC(=O)C2CCCCN2)c1.Cl.Cl. The molecule has 1 heterocycles. The normalized spacial score (nSPS) is 16.9. The Morgan fingerprint density at radius 1 is 1.21 bits per heavy atom. The van der Waals surface area contributed by atoms with Crippen molar-refractivity contribution in [3.05, 3.63) is 35.4 Å². The molecule has 1 amide bonds. The van der Waals surface area contributed by atoms with Crippen LogP contribution in [0.3, 0.4) is 0 Å². The minimum absolute atomic E-state index is 0. The van der Waals surface area contributed by atoms with Gasteiger partial charge in [-0.2, -0.15) is 0 Å². The van der Waals surface area contributed by atoms with Crippen LogP contribution < -0.4 is 10.6 Å². The van der Waals surface area contributed by atoms with Gasteiger partial charge in [0.15, 0.2) is 0 Å². The van der Waals surface area contributed by atoms with E-state index in [4.69, 9.17) is 0 Å². The van der Waals surface area contributed by atoms with Crippen LogP contribution in [0.5, 0.6) is 0 Å². The zero-order valence-electron chi connectivity index (χ0n) is 14.7. The molecule has 0 bridgehead atoms. The fourth-order valence-corrected chi connectivity index (χ4v) is 2.93. The fourth-order valence-electron chi connectivity index (χ4n) is 2.93. The summed E-state index contributed by atoms with van der Waals surface area (Å²) in [6.45, 7) is 9.03. The minimum Gasteiger partial charge on any atom is -0.351 e. The van der Waals surface area contributed by atoms with Crippen LogP contribution in [0.4, 0.5) is 0 Å². The summed E-state index contributed by atoms with van der Waals surface area (Å²) in [6.07, 6.45) is 3.27. The van der Waals surface area contributed by atoms with E-state index in [1.165, 1.54) is 17.5 Å². The first-order valence-corrected chi connectivity index (χ1v) is 8.54. The Balaban J connectivity index is 0.00000264. The van der Waals surface area contributed by atoms with E-state index in [0.717, 1.165) is 39.0 Å². The summed E-state index contributed by atoms with van der Waals surface area (Å²) in [5.41, 5.74) is 2.49. The summed E-state index contributed by atoms with van der Waals surface area (Å²) in [5.74, 6) is 0.133. The smallest absolute Gasteiger partial charge is 0.237 e. The molecule has 2 rings (SSSR count). The number of nitrogens with one attached hydrogen (secondary N) is 2. The zero-order chi connectivity index (χ0) is 15.8. The van der Waals surface area contributed by atoms with E-state index in [2.05, 4.69) is 53.6 Å². The van der Waals surface area contributed by atoms with E-state index in [1.807, 2.05) is 0 Å². The van der Waals surface area contributed by atoms with Crippen molar-refractivity contribution in [2.24, 2.45) is 0 Å². The van der Waals surface area contributed by atoms with Crippen molar-refractivity contribution in [2.75, 3.05) is 19.6 Å². The Labute approximate surface area is 158 Å². The van der Waals surface area contributed by atoms with Crippen molar-refractivity contribution < 1.29 is 4.79 Å². The van der Waals surface area contributed by atoms with Crippen molar-refractivity contribution in [3.63, 3.8) is 0 Å². The molecular formula is C18H31Cl2N3O. The van der Waals surface area contributed by atoms with Crippen LogP contribution >= 0.6 is 24.8 Å². The second-order valence-electron chi connectivity index (χ2n) is 6.00. The van der Waals surface area contributed by atoms with Crippen LogP contribution in [0.15, 0.2) is 24.3 Å². The molecule has 0 spiro atoms. The Hall–Kier alpha value is -0.810. The van der Waals surface area contributed by atoms with Crippen molar-refractivity contribution in [1.29, 1.82) is 0 Å². The number of rotatable bonds is 7. The quantitative estimate of drug-likeness (QED) is 0.769. The number of hydrogen-bond donors (Lipinski definition) is 2. The van der Waals surface area contributed by atoms with Crippen LogP contribution in [0, 0.1) is 0 Å². The van der Waals surface area contributed by atoms with Crippen LogP contribution in [0.25, 0.3) is 0 Å². The van der Waals surface area contributed by atoms with Gasteiger partial charge in [0.05, 0.1) is 6.04 Å². The Morgan fingerprint density at radius 3 is 2.54 bits per heavy atom. The van der Waals surface area contributed by atoms with Crippen molar-refractivity contribution in [1.82, 2.24) is 15.5 Å².